The van der Waals surface area contributed by atoms with E-state index in [0.29, 0.717) is 0 Å². The van der Waals surface area contributed by atoms with E-state index in [2.05, 4.69) is 215 Å². The SMILES string of the molecule is c1ccc(-c2cc(-c3ccccc3)cc(-n3c4ccccc4c4cc(-c5ccc6c(c5)c5cccc7c5n6-c5ccccc5-c5ccccc5-7)ccc43)c2)cc1. The topological polar surface area (TPSA) is 9.86 Å². The summed E-state index contributed by atoms with van der Waals surface area (Å²) in [6.07, 6.45) is 0. The van der Waals surface area contributed by atoms with Gasteiger partial charge < -0.3 is 9.13 Å². The summed E-state index contributed by atoms with van der Waals surface area (Å²) in [4.78, 5) is 0. The van der Waals surface area contributed by atoms with Gasteiger partial charge in [-0.2, -0.15) is 0 Å². The maximum absolute atomic E-state index is 2.49. The van der Waals surface area contributed by atoms with Gasteiger partial charge in [0.2, 0.25) is 0 Å². The molecule has 0 amide bonds. The third-order valence-corrected chi connectivity index (χ3v) is 11.8. The molecule has 12 rings (SSSR count). The van der Waals surface area contributed by atoms with Crippen molar-refractivity contribution >= 4 is 43.6 Å². The fourth-order valence-electron chi connectivity index (χ4n) is 9.33. The van der Waals surface area contributed by atoms with Crippen molar-refractivity contribution < 1.29 is 0 Å². The molecule has 0 N–H and O–H groups in total. The van der Waals surface area contributed by atoms with Gasteiger partial charge in [-0.15, -0.1) is 0 Å². The van der Waals surface area contributed by atoms with E-state index in [4.69, 9.17) is 0 Å². The van der Waals surface area contributed by atoms with Gasteiger partial charge >= 0.3 is 0 Å². The molecule has 3 heterocycles. The summed E-state index contributed by atoms with van der Waals surface area (Å²) >= 11 is 0. The summed E-state index contributed by atoms with van der Waals surface area (Å²) in [6, 6.07) is 75.8. The lowest BCUT2D eigenvalue weighted by Gasteiger charge is -2.14. The fourth-order valence-corrected chi connectivity index (χ4v) is 9.33. The van der Waals surface area contributed by atoms with E-state index >= 15 is 0 Å². The van der Waals surface area contributed by atoms with Gasteiger partial charge in [-0.25, -0.2) is 0 Å². The summed E-state index contributed by atoms with van der Waals surface area (Å²) in [5.74, 6) is 0. The number of benzene rings is 9. The molecule has 0 atom stereocenters. The molecule has 1 aliphatic heterocycles. The van der Waals surface area contributed by atoms with Crippen molar-refractivity contribution in [3.8, 4) is 67.0 Å². The molecule has 56 heavy (non-hydrogen) atoms. The Morgan fingerprint density at radius 3 is 1.45 bits per heavy atom. The van der Waals surface area contributed by atoms with Gasteiger partial charge in [-0.05, 0) is 99.1 Å². The van der Waals surface area contributed by atoms with Crippen LogP contribution in [0.2, 0.25) is 0 Å². The molecule has 260 valence electrons. The van der Waals surface area contributed by atoms with E-state index in [1.807, 2.05) is 0 Å². The number of fused-ring (bicyclic) bond motifs is 11. The van der Waals surface area contributed by atoms with E-state index in [1.54, 1.807) is 0 Å². The molecule has 2 nitrogen and oxygen atoms in total. The van der Waals surface area contributed by atoms with Gasteiger partial charge in [-0.1, -0.05) is 152 Å². The number of aromatic nitrogens is 2. The Balaban J connectivity index is 1.06. The average Bonchev–Trinajstić information content (AvgIpc) is 3.75. The molecule has 2 aromatic heterocycles. The number of hydrogen-bond donors (Lipinski definition) is 0. The fraction of sp³-hybridized carbons (Fsp3) is 0. The zero-order valence-corrected chi connectivity index (χ0v) is 30.5. The predicted octanol–water partition coefficient (Wildman–Crippen LogP) is 14.5. The zero-order chi connectivity index (χ0) is 36.7. The predicted molar refractivity (Wildman–Crippen MR) is 236 cm³/mol. The highest BCUT2D eigenvalue weighted by Crippen LogP contribution is 2.47. The highest BCUT2D eigenvalue weighted by molar-refractivity contribution is 6.17. The second-order valence-corrected chi connectivity index (χ2v) is 14.9. The highest BCUT2D eigenvalue weighted by Gasteiger charge is 2.24. The molecule has 0 unspecified atom stereocenters. The van der Waals surface area contributed by atoms with E-state index in [0.717, 1.165) is 5.69 Å². The lowest BCUT2D eigenvalue weighted by atomic mass is 9.93. The van der Waals surface area contributed by atoms with Crippen molar-refractivity contribution in [3.05, 3.63) is 206 Å². The monoisotopic (exact) mass is 710 g/mol. The number of para-hydroxylation sites is 3. The van der Waals surface area contributed by atoms with E-state index < -0.39 is 0 Å². The normalized spacial score (nSPS) is 11.9. The van der Waals surface area contributed by atoms with E-state index in [1.165, 1.54) is 105 Å². The van der Waals surface area contributed by atoms with Crippen LogP contribution in [0.5, 0.6) is 0 Å². The molecular weight excluding hydrogens is 677 g/mol. The molecule has 0 saturated carbocycles. The zero-order valence-electron chi connectivity index (χ0n) is 30.5. The van der Waals surface area contributed by atoms with Crippen LogP contribution in [-0.2, 0) is 0 Å². The van der Waals surface area contributed by atoms with Crippen molar-refractivity contribution in [1.82, 2.24) is 9.13 Å². The van der Waals surface area contributed by atoms with Gasteiger partial charge in [0.1, 0.15) is 0 Å². The van der Waals surface area contributed by atoms with Gasteiger partial charge in [0.15, 0.2) is 0 Å². The molecule has 1 aliphatic rings. The minimum atomic E-state index is 1.15. The molecule has 0 bridgehead atoms. The maximum Gasteiger partial charge on any atom is 0.0619 e. The number of hydrogen-bond acceptors (Lipinski definition) is 0. The first-order chi connectivity index (χ1) is 27.8. The summed E-state index contributed by atoms with van der Waals surface area (Å²) in [5.41, 5.74) is 19.6. The van der Waals surface area contributed by atoms with Crippen molar-refractivity contribution in [2.45, 2.75) is 0 Å². The molecule has 0 saturated heterocycles. The Labute approximate surface area is 324 Å². The first-order valence-electron chi connectivity index (χ1n) is 19.3. The summed E-state index contributed by atoms with van der Waals surface area (Å²) < 4.78 is 4.93. The van der Waals surface area contributed by atoms with E-state index in [9.17, 15) is 0 Å². The standard InChI is InChI=1S/C54H34N2/c1-3-14-35(15-4-1)39-30-40(36-16-5-2-6-17-36)32-41(31-39)55-50-24-11-10-21-45(50)48-33-37(26-28-52(48)55)38-27-29-53-49(34-38)47-23-13-22-46-43-19-8-7-18-42(43)44-20-9-12-25-51(44)56(53)54(46)47/h1-34H. The van der Waals surface area contributed by atoms with Crippen molar-refractivity contribution in [2.24, 2.45) is 0 Å². The lowest BCUT2D eigenvalue weighted by Crippen LogP contribution is -1.96. The van der Waals surface area contributed by atoms with Crippen LogP contribution in [0.1, 0.15) is 0 Å². The van der Waals surface area contributed by atoms with Crippen LogP contribution < -0.4 is 0 Å². The molecule has 2 heteroatoms. The highest BCUT2D eigenvalue weighted by atomic mass is 15.0. The number of nitrogens with zero attached hydrogens (tertiary/aromatic N) is 2. The largest absolute Gasteiger partial charge is 0.309 e. The third kappa shape index (κ3) is 4.57. The lowest BCUT2D eigenvalue weighted by molar-refractivity contribution is 1.18. The molecule has 11 aromatic rings. The van der Waals surface area contributed by atoms with Crippen LogP contribution in [0.15, 0.2) is 206 Å². The third-order valence-electron chi connectivity index (χ3n) is 11.8. The molecular formula is C54H34N2. The van der Waals surface area contributed by atoms with Crippen molar-refractivity contribution in [3.63, 3.8) is 0 Å². The van der Waals surface area contributed by atoms with Gasteiger partial charge in [0.05, 0.1) is 27.8 Å². The molecule has 0 radical (unpaired) electrons. The van der Waals surface area contributed by atoms with Crippen molar-refractivity contribution in [2.75, 3.05) is 0 Å². The van der Waals surface area contributed by atoms with Gasteiger partial charge in [0.25, 0.3) is 0 Å². The molecule has 0 spiro atoms. The Morgan fingerprint density at radius 2 is 0.750 bits per heavy atom. The van der Waals surface area contributed by atoms with Crippen LogP contribution >= 0.6 is 0 Å². The summed E-state index contributed by atoms with van der Waals surface area (Å²) in [7, 11) is 0. The quantitative estimate of drug-likeness (QED) is 0.172. The first-order valence-corrected chi connectivity index (χ1v) is 19.3. The van der Waals surface area contributed by atoms with Crippen LogP contribution in [-0.4, -0.2) is 9.13 Å². The Hall–Kier alpha value is -7.42. The molecule has 0 aliphatic carbocycles. The maximum atomic E-state index is 2.49. The van der Waals surface area contributed by atoms with Crippen LogP contribution in [0.4, 0.5) is 0 Å². The average molecular weight is 711 g/mol. The van der Waals surface area contributed by atoms with E-state index in [-0.39, 0.29) is 0 Å². The second kappa shape index (κ2) is 12.0. The minimum Gasteiger partial charge on any atom is -0.309 e. The smallest absolute Gasteiger partial charge is 0.0619 e. The molecule has 9 aromatic carbocycles. The Kier molecular flexibility index (Phi) is 6.66. The van der Waals surface area contributed by atoms with Crippen LogP contribution in [0.3, 0.4) is 0 Å². The Morgan fingerprint density at radius 1 is 0.250 bits per heavy atom. The van der Waals surface area contributed by atoms with Crippen molar-refractivity contribution in [1.29, 1.82) is 0 Å². The second-order valence-electron chi connectivity index (χ2n) is 14.9. The number of rotatable bonds is 4. The molecule has 0 fully saturated rings. The first kappa shape index (κ1) is 31.0. The van der Waals surface area contributed by atoms with Crippen LogP contribution in [0, 0.1) is 0 Å². The minimum absolute atomic E-state index is 1.15. The van der Waals surface area contributed by atoms with Crippen LogP contribution in [0.25, 0.3) is 111 Å². The summed E-state index contributed by atoms with van der Waals surface area (Å²) in [6.45, 7) is 0. The Bertz CT molecular complexity index is 3290. The van der Waals surface area contributed by atoms with Gasteiger partial charge in [0, 0.05) is 38.4 Å². The van der Waals surface area contributed by atoms with Gasteiger partial charge in [-0.3, -0.25) is 0 Å². The summed E-state index contributed by atoms with van der Waals surface area (Å²) in [5, 5.41) is 5.03.